The van der Waals surface area contributed by atoms with E-state index in [9.17, 15) is 0 Å². The number of hydrogen-bond donors (Lipinski definition) is 1. The lowest BCUT2D eigenvalue weighted by atomic mass is 10.2. The highest BCUT2D eigenvalue weighted by atomic mass is 15.3. The standard InChI is InChI=1S/C10H15N5/c1-6(2)15-10-9(7(3)14-15)8(11-4)5-12-13-10/h5-6H,1-4H3,(H,11,13). The van der Waals surface area contributed by atoms with E-state index in [1.54, 1.807) is 6.20 Å². The number of nitrogens with zero attached hydrogens (tertiary/aromatic N) is 4. The predicted octanol–water partition coefficient (Wildman–Crippen LogP) is 1.76. The van der Waals surface area contributed by atoms with Crippen molar-refractivity contribution >= 4 is 16.7 Å². The van der Waals surface area contributed by atoms with Crippen LogP contribution >= 0.6 is 0 Å². The average molecular weight is 205 g/mol. The molecule has 0 amide bonds. The van der Waals surface area contributed by atoms with Gasteiger partial charge in [-0.1, -0.05) is 0 Å². The lowest BCUT2D eigenvalue weighted by Gasteiger charge is -2.05. The molecule has 5 heteroatoms. The molecule has 5 nitrogen and oxygen atoms in total. The second kappa shape index (κ2) is 3.49. The summed E-state index contributed by atoms with van der Waals surface area (Å²) in [4.78, 5) is 0. The molecule has 2 rings (SSSR count). The number of aromatic nitrogens is 4. The van der Waals surface area contributed by atoms with Crippen molar-refractivity contribution in [1.82, 2.24) is 20.0 Å². The van der Waals surface area contributed by atoms with E-state index in [-0.39, 0.29) is 0 Å². The van der Waals surface area contributed by atoms with Gasteiger partial charge in [0.05, 0.1) is 23.0 Å². The van der Waals surface area contributed by atoms with Gasteiger partial charge in [0, 0.05) is 13.1 Å². The van der Waals surface area contributed by atoms with E-state index >= 15 is 0 Å². The van der Waals surface area contributed by atoms with Crippen molar-refractivity contribution in [3.63, 3.8) is 0 Å². The van der Waals surface area contributed by atoms with E-state index in [2.05, 4.69) is 34.5 Å². The molecule has 15 heavy (non-hydrogen) atoms. The molecule has 2 aromatic heterocycles. The number of aryl methyl sites for hydroxylation is 1. The van der Waals surface area contributed by atoms with Crippen molar-refractivity contribution in [2.24, 2.45) is 0 Å². The summed E-state index contributed by atoms with van der Waals surface area (Å²) in [5, 5.41) is 16.7. The Morgan fingerprint density at radius 2 is 2.13 bits per heavy atom. The van der Waals surface area contributed by atoms with Gasteiger partial charge in [0.2, 0.25) is 0 Å². The van der Waals surface area contributed by atoms with Crippen LogP contribution in [0.5, 0.6) is 0 Å². The van der Waals surface area contributed by atoms with Crippen molar-refractivity contribution < 1.29 is 0 Å². The predicted molar refractivity (Wildman–Crippen MR) is 60.0 cm³/mol. The van der Waals surface area contributed by atoms with Gasteiger partial charge in [0.25, 0.3) is 0 Å². The fourth-order valence-corrected chi connectivity index (χ4v) is 1.70. The first-order valence-electron chi connectivity index (χ1n) is 5.03. The normalized spacial score (nSPS) is 11.3. The Hall–Kier alpha value is -1.65. The van der Waals surface area contributed by atoms with Crippen LogP contribution in [0.4, 0.5) is 5.69 Å². The molecular weight excluding hydrogens is 190 g/mol. The highest BCUT2D eigenvalue weighted by molar-refractivity contribution is 5.90. The highest BCUT2D eigenvalue weighted by Gasteiger charge is 2.14. The van der Waals surface area contributed by atoms with Gasteiger partial charge in [-0.2, -0.15) is 10.2 Å². The monoisotopic (exact) mass is 205 g/mol. The molecule has 80 valence electrons. The number of hydrogen-bond acceptors (Lipinski definition) is 4. The highest BCUT2D eigenvalue weighted by Crippen LogP contribution is 2.25. The van der Waals surface area contributed by atoms with Crippen LogP contribution in [0, 0.1) is 6.92 Å². The number of anilines is 1. The number of rotatable bonds is 2. The van der Waals surface area contributed by atoms with E-state index in [1.807, 2.05) is 18.7 Å². The molecule has 0 aromatic carbocycles. The summed E-state index contributed by atoms with van der Waals surface area (Å²) in [6.45, 7) is 6.16. The second-order valence-electron chi connectivity index (χ2n) is 3.83. The van der Waals surface area contributed by atoms with Gasteiger partial charge in [-0.15, -0.1) is 5.10 Å². The molecule has 0 bridgehead atoms. The molecule has 2 heterocycles. The third-order valence-electron chi connectivity index (χ3n) is 2.43. The molecule has 1 N–H and O–H groups in total. The Morgan fingerprint density at radius 3 is 2.73 bits per heavy atom. The first-order valence-corrected chi connectivity index (χ1v) is 5.03. The summed E-state index contributed by atoms with van der Waals surface area (Å²) in [5.74, 6) is 0. The number of fused-ring (bicyclic) bond motifs is 1. The van der Waals surface area contributed by atoms with Crippen LogP contribution in [0.2, 0.25) is 0 Å². The zero-order valence-electron chi connectivity index (χ0n) is 9.44. The van der Waals surface area contributed by atoms with Gasteiger partial charge in [0.15, 0.2) is 5.65 Å². The van der Waals surface area contributed by atoms with Gasteiger partial charge in [-0.3, -0.25) is 0 Å². The van der Waals surface area contributed by atoms with Crippen molar-refractivity contribution in [2.45, 2.75) is 26.8 Å². The smallest absolute Gasteiger partial charge is 0.183 e. The minimum Gasteiger partial charge on any atom is -0.386 e. The molecule has 0 radical (unpaired) electrons. The Bertz CT molecular complexity index is 486. The first-order chi connectivity index (χ1) is 7.15. The van der Waals surface area contributed by atoms with Gasteiger partial charge in [-0.25, -0.2) is 4.68 Å². The molecule has 0 atom stereocenters. The third-order valence-corrected chi connectivity index (χ3v) is 2.43. The van der Waals surface area contributed by atoms with E-state index in [0.717, 1.165) is 22.4 Å². The number of nitrogens with one attached hydrogen (secondary N) is 1. The fraction of sp³-hybridized carbons (Fsp3) is 0.500. The van der Waals surface area contributed by atoms with Crippen molar-refractivity contribution in [3.05, 3.63) is 11.9 Å². The van der Waals surface area contributed by atoms with Crippen LogP contribution in [0.1, 0.15) is 25.6 Å². The Balaban J connectivity index is 2.79. The maximum absolute atomic E-state index is 4.47. The summed E-state index contributed by atoms with van der Waals surface area (Å²) in [5.41, 5.74) is 2.80. The van der Waals surface area contributed by atoms with Crippen molar-refractivity contribution in [3.8, 4) is 0 Å². The van der Waals surface area contributed by atoms with Gasteiger partial charge >= 0.3 is 0 Å². The van der Waals surface area contributed by atoms with Crippen LogP contribution in [0.25, 0.3) is 11.0 Å². The molecule has 0 fully saturated rings. The zero-order valence-corrected chi connectivity index (χ0v) is 9.44. The third kappa shape index (κ3) is 1.44. The average Bonchev–Trinajstić information content (AvgIpc) is 2.56. The second-order valence-corrected chi connectivity index (χ2v) is 3.83. The SMILES string of the molecule is CNc1cnnc2c1c(C)nn2C(C)C. The van der Waals surface area contributed by atoms with Crippen LogP contribution in [-0.4, -0.2) is 27.0 Å². The van der Waals surface area contributed by atoms with E-state index in [1.165, 1.54) is 0 Å². The minimum absolute atomic E-state index is 0.294. The lowest BCUT2D eigenvalue weighted by molar-refractivity contribution is 0.541. The van der Waals surface area contributed by atoms with Gasteiger partial charge in [0.1, 0.15) is 0 Å². The van der Waals surface area contributed by atoms with Gasteiger partial charge in [-0.05, 0) is 20.8 Å². The molecule has 0 aliphatic heterocycles. The Morgan fingerprint density at radius 1 is 1.40 bits per heavy atom. The quantitative estimate of drug-likeness (QED) is 0.811. The van der Waals surface area contributed by atoms with Crippen LogP contribution in [0.3, 0.4) is 0 Å². The molecule has 0 unspecified atom stereocenters. The van der Waals surface area contributed by atoms with Crippen LogP contribution in [-0.2, 0) is 0 Å². The summed E-state index contributed by atoms with van der Waals surface area (Å²) in [6, 6.07) is 0.294. The van der Waals surface area contributed by atoms with Crippen molar-refractivity contribution in [2.75, 3.05) is 12.4 Å². The van der Waals surface area contributed by atoms with E-state index in [0.29, 0.717) is 6.04 Å². The molecule has 0 spiro atoms. The summed E-state index contributed by atoms with van der Waals surface area (Å²) in [6.07, 6.45) is 1.72. The minimum atomic E-state index is 0.294. The maximum atomic E-state index is 4.47. The largest absolute Gasteiger partial charge is 0.386 e. The lowest BCUT2D eigenvalue weighted by Crippen LogP contribution is -2.04. The molecule has 0 aliphatic rings. The molecule has 0 saturated heterocycles. The first kappa shape index (κ1) is 9.89. The Labute approximate surface area is 88.5 Å². The topological polar surface area (TPSA) is 55.6 Å². The summed E-state index contributed by atoms with van der Waals surface area (Å²) in [7, 11) is 1.88. The molecule has 2 aromatic rings. The summed E-state index contributed by atoms with van der Waals surface area (Å²) < 4.78 is 1.90. The Kier molecular flexibility index (Phi) is 2.30. The van der Waals surface area contributed by atoms with Crippen LogP contribution in [0.15, 0.2) is 6.20 Å². The fourth-order valence-electron chi connectivity index (χ4n) is 1.70. The molecular formula is C10H15N5. The zero-order chi connectivity index (χ0) is 11.0. The summed E-state index contributed by atoms with van der Waals surface area (Å²) >= 11 is 0. The molecule has 0 saturated carbocycles. The van der Waals surface area contributed by atoms with E-state index in [4.69, 9.17) is 0 Å². The van der Waals surface area contributed by atoms with Gasteiger partial charge < -0.3 is 5.32 Å². The maximum Gasteiger partial charge on any atom is 0.183 e. The van der Waals surface area contributed by atoms with Crippen LogP contribution < -0.4 is 5.32 Å². The van der Waals surface area contributed by atoms with Crippen molar-refractivity contribution in [1.29, 1.82) is 0 Å². The molecule has 0 aliphatic carbocycles. The van der Waals surface area contributed by atoms with E-state index < -0.39 is 0 Å².